The molecule has 0 saturated carbocycles. The zero-order valence-corrected chi connectivity index (χ0v) is 28.4. The lowest BCUT2D eigenvalue weighted by atomic mass is 9.94. The largest absolute Gasteiger partial charge is 0.309 e. The van der Waals surface area contributed by atoms with Gasteiger partial charge in [-0.15, -0.1) is 11.3 Å². The van der Waals surface area contributed by atoms with E-state index in [1.54, 1.807) is 0 Å². The maximum atomic E-state index is 2.50. The van der Waals surface area contributed by atoms with Crippen molar-refractivity contribution in [1.82, 2.24) is 9.13 Å². The third-order valence-electron chi connectivity index (χ3n) is 10.5. The maximum absolute atomic E-state index is 2.50. The molecule has 0 amide bonds. The van der Waals surface area contributed by atoms with Gasteiger partial charge in [-0.3, -0.25) is 0 Å². The van der Waals surface area contributed by atoms with E-state index in [4.69, 9.17) is 0 Å². The Hall–Kier alpha value is -6.42. The molecule has 0 aliphatic rings. The van der Waals surface area contributed by atoms with Crippen LogP contribution in [0.3, 0.4) is 0 Å². The Bertz CT molecular complexity index is 3090. The van der Waals surface area contributed by atoms with Crippen molar-refractivity contribution in [2.75, 3.05) is 0 Å². The third kappa shape index (κ3) is 4.16. The van der Waals surface area contributed by atoms with Crippen molar-refractivity contribution in [3.05, 3.63) is 182 Å². The van der Waals surface area contributed by atoms with Gasteiger partial charge in [-0.25, -0.2) is 0 Å². The Labute approximate surface area is 298 Å². The number of aromatic nitrogens is 2. The molecule has 11 aromatic rings. The SMILES string of the molecule is c1ccc(-c2cccc(-c3ccccc3-n3c4ccccc4c4cc5sc6ccccc6c5cc43)c2-n2c3ccccc3c3ccccc32)cc1. The van der Waals surface area contributed by atoms with Gasteiger partial charge in [0.15, 0.2) is 0 Å². The number of hydrogen-bond donors (Lipinski definition) is 0. The van der Waals surface area contributed by atoms with Crippen molar-refractivity contribution < 1.29 is 0 Å². The Kier molecular flexibility index (Phi) is 6.16. The average Bonchev–Trinajstić information content (AvgIpc) is 3.84. The average molecular weight is 667 g/mol. The van der Waals surface area contributed by atoms with Crippen molar-refractivity contribution in [1.29, 1.82) is 0 Å². The molecule has 0 atom stereocenters. The summed E-state index contributed by atoms with van der Waals surface area (Å²) in [5.74, 6) is 0. The summed E-state index contributed by atoms with van der Waals surface area (Å²) in [5.41, 5.74) is 11.9. The molecule has 8 aromatic carbocycles. The van der Waals surface area contributed by atoms with E-state index in [9.17, 15) is 0 Å². The summed E-state index contributed by atoms with van der Waals surface area (Å²) >= 11 is 1.88. The van der Waals surface area contributed by atoms with Gasteiger partial charge in [0.05, 0.1) is 33.4 Å². The number of fused-ring (bicyclic) bond motifs is 9. The predicted molar refractivity (Wildman–Crippen MR) is 219 cm³/mol. The summed E-state index contributed by atoms with van der Waals surface area (Å²) < 4.78 is 7.64. The van der Waals surface area contributed by atoms with Gasteiger partial charge in [0.25, 0.3) is 0 Å². The molecule has 51 heavy (non-hydrogen) atoms. The molecule has 2 nitrogen and oxygen atoms in total. The van der Waals surface area contributed by atoms with Gasteiger partial charge < -0.3 is 9.13 Å². The highest BCUT2D eigenvalue weighted by molar-refractivity contribution is 7.25. The zero-order chi connectivity index (χ0) is 33.5. The second-order valence-corrected chi connectivity index (χ2v) is 14.4. The van der Waals surface area contributed by atoms with Gasteiger partial charge in [-0.2, -0.15) is 0 Å². The van der Waals surface area contributed by atoms with Gasteiger partial charge >= 0.3 is 0 Å². The van der Waals surface area contributed by atoms with Crippen LogP contribution in [0, 0.1) is 0 Å². The molecule has 3 heteroatoms. The van der Waals surface area contributed by atoms with E-state index in [2.05, 4.69) is 191 Å². The molecular weight excluding hydrogens is 637 g/mol. The molecule has 0 fully saturated rings. The van der Waals surface area contributed by atoms with Crippen molar-refractivity contribution in [2.24, 2.45) is 0 Å². The van der Waals surface area contributed by atoms with E-state index in [0.717, 1.165) is 5.69 Å². The van der Waals surface area contributed by atoms with E-state index in [-0.39, 0.29) is 0 Å². The molecule has 3 aromatic heterocycles. The van der Waals surface area contributed by atoms with Crippen molar-refractivity contribution >= 4 is 75.1 Å². The van der Waals surface area contributed by atoms with E-state index >= 15 is 0 Å². The first-order chi connectivity index (χ1) is 25.3. The van der Waals surface area contributed by atoms with Crippen molar-refractivity contribution in [3.8, 4) is 33.6 Å². The monoisotopic (exact) mass is 666 g/mol. The van der Waals surface area contributed by atoms with Gasteiger partial charge in [0, 0.05) is 58.4 Å². The number of rotatable bonds is 4. The summed E-state index contributed by atoms with van der Waals surface area (Å²) in [6, 6.07) is 66.7. The zero-order valence-electron chi connectivity index (χ0n) is 27.6. The third-order valence-corrected chi connectivity index (χ3v) is 11.7. The number of thiophene rings is 1. The van der Waals surface area contributed by atoms with Gasteiger partial charge in [0.1, 0.15) is 0 Å². The molecule has 11 rings (SSSR count). The van der Waals surface area contributed by atoms with Gasteiger partial charge in [0.2, 0.25) is 0 Å². The van der Waals surface area contributed by atoms with Crippen LogP contribution in [0.2, 0.25) is 0 Å². The fourth-order valence-electron chi connectivity index (χ4n) is 8.36. The molecule has 0 saturated heterocycles. The number of nitrogens with zero attached hydrogens (tertiary/aromatic N) is 2. The first-order valence-electron chi connectivity index (χ1n) is 17.4. The smallest absolute Gasteiger partial charge is 0.0619 e. The highest BCUT2D eigenvalue weighted by Crippen LogP contribution is 2.45. The molecule has 0 N–H and O–H groups in total. The minimum absolute atomic E-state index is 1.16. The fraction of sp³-hybridized carbons (Fsp3) is 0. The van der Waals surface area contributed by atoms with Gasteiger partial charge in [-0.05, 0) is 48.0 Å². The number of benzene rings is 8. The summed E-state index contributed by atoms with van der Waals surface area (Å²) in [6.45, 7) is 0. The minimum Gasteiger partial charge on any atom is -0.309 e. The van der Waals surface area contributed by atoms with Crippen LogP contribution in [-0.2, 0) is 0 Å². The van der Waals surface area contributed by atoms with Crippen LogP contribution in [0.25, 0.3) is 97.4 Å². The molecule has 3 heterocycles. The second kappa shape index (κ2) is 11.0. The first-order valence-corrected chi connectivity index (χ1v) is 18.3. The fourth-order valence-corrected chi connectivity index (χ4v) is 9.49. The molecular formula is C48H30N2S. The molecule has 0 unspecified atom stereocenters. The Morgan fingerprint density at radius 2 is 0.863 bits per heavy atom. The number of hydrogen-bond acceptors (Lipinski definition) is 1. The van der Waals surface area contributed by atoms with Crippen LogP contribution in [0.15, 0.2) is 182 Å². The first kappa shape index (κ1) is 28.4. The van der Waals surface area contributed by atoms with E-state index in [1.807, 2.05) is 11.3 Å². The molecule has 0 bridgehead atoms. The highest BCUT2D eigenvalue weighted by atomic mass is 32.1. The summed E-state index contributed by atoms with van der Waals surface area (Å²) in [5, 5.41) is 7.67. The lowest BCUT2D eigenvalue weighted by Gasteiger charge is -2.21. The molecule has 0 spiro atoms. The maximum Gasteiger partial charge on any atom is 0.0619 e. The van der Waals surface area contributed by atoms with Crippen LogP contribution in [-0.4, -0.2) is 9.13 Å². The van der Waals surface area contributed by atoms with Crippen LogP contribution in [0.5, 0.6) is 0 Å². The van der Waals surface area contributed by atoms with E-state index in [1.165, 1.54) is 91.7 Å². The van der Waals surface area contributed by atoms with E-state index in [0.29, 0.717) is 0 Å². The molecule has 0 aliphatic carbocycles. The standard InChI is InChI=1S/C48H30N2S/c1-2-15-31(16-3-1)32-22-14-23-38(48(32)50-43-26-11-4-17-33(43)34-18-5-12-27-44(34)50)35-19-6-9-24-41(35)49-42-25-10-7-20-36(42)39-30-47-40(29-45(39)49)37-21-8-13-28-46(37)51-47/h1-30H. The van der Waals surface area contributed by atoms with E-state index < -0.39 is 0 Å². The summed E-state index contributed by atoms with van der Waals surface area (Å²) in [6.07, 6.45) is 0. The van der Waals surface area contributed by atoms with Crippen LogP contribution < -0.4 is 0 Å². The van der Waals surface area contributed by atoms with Gasteiger partial charge in [-0.1, -0.05) is 140 Å². The Balaban J connectivity index is 1.27. The van der Waals surface area contributed by atoms with Crippen molar-refractivity contribution in [3.63, 3.8) is 0 Å². The number of para-hydroxylation sites is 5. The normalized spacial score (nSPS) is 11.9. The molecule has 238 valence electrons. The Morgan fingerprint density at radius 1 is 0.314 bits per heavy atom. The highest BCUT2D eigenvalue weighted by Gasteiger charge is 2.23. The molecule has 0 radical (unpaired) electrons. The summed E-state index contributed by atoms with van der Waals surface area (Å²) in [4.78, 5) is 0. The molecule has 0 aliphatic heterocycles. The topological polar surface area (TPSA) is 9.86 Å². The lowest BCUT2D eigenvalue weighted by molar-refractivity contribution is 1.16. The summed E-state index contributed by atoms with van der Waals surface area (Å²) in [7, 11) is 0. The second-order valence-electron chi connectivity index (χ2n) is 13.3. The van der Waals surface area contributed by atoms with Crippen LogP contribution in [0.1, 0.15) is 0 Å². The van der Waals surface area contributed by atoms with Crippen molar-refractivity contribution in [2.45, 2.75) is 0 Å². The minimum atomic E-state index is 1.16. The lowest BCUT2D eigenvalue weighted by Crippen LogP contribution is -2.03. The van der Waals surface area contributed by atoms with Crippen LogP contribution >= 0.6 is 11.3 Å². The predicted octanol–water partition coefficient (Wildman–Crippen LogP) is 13.6. The Morgan fingerprint density at radius 3 is 1.61 bits per heavy atom. The van der Waals surface area contributed by atoms with Crippen LogP contribution in [0.4, 0.5) is 0 Å². The quantitative estimate of drug-likeness (QED) is 0.177.